The first kappa shape index (κ1) is 23.9. The molecule has 0 fully saturated rings. The van der Waals surface area contributed by atoms with E-state index >= 15 is 0 Å². The second kappa shape index (κ2) is 16.4. The van der Waals surface area contributed by atoms with Crippen LogP contribution in [0.1, 0.15) is 11.1 Å². The molecule has 140 valence electrons. The standard InChI is InChI=1S/C12H12N2.C5H5.C5H.2Fe/c1-2-6-11(5-1)9-13-14-10-12-7-3-4-8-12;2*1-2-4-5-3-1;;/h1-9,14H,10H2;1-5H;1H;;/q-2;-1;-5;;. The molecule has 0 aliphatic carbocycles. The summed E-state index contributed by atoms with van der Waals surface area (Å²) in [6, 6.07) is 38.2. The van der Waals surface area contributed by atoms with Crippen molar-refractivity contribution < 1.29 is 34.1 Å². The fourth-order valence-corrected chi connectivity index (χ4v) is 1.76. The van der Waals surface area contributed by atoms with Crippen LogP contribution in [0.2, 0.25) is 0 Å². The number of nitrogens with one attached hydrogen (secondary N) is 1. The molecule has 1 N–H and O–H groups in total. The Bertz CT molecular complexity index is 647. The van der Waals surface area contributed by atoms with E-state index in [1.165, 1.54) is 5.56 Å². The van der Waals surface area contributed by atoms with Gasteiger partial charge in [0.05, 0.1) is 0 Å². The monoisotopic (exact) mass is 422 g/mol. The predicted octanol–water partition coefficient (Wildman–Crippen LogP) is 4.25. The van der Waals surface area contributed by atoms with Crippen LogP contribution in [0.15, 0.2) is 90.0 Å². The van der Waals surface area contributed by atoms with Crippen molar-refractivity contribution in [2.45, 2.75) is 6.54 Å². The second-order valence-corrected chi connectivity index (χ2v) is 4.75. The van der Waals surface area contributed by atoms with Crippen LogP contribution in [0.5, 0.6) is 0 Å². The van der Waals surface area contributed by atoms with Gasteiger partial charge in [0.1, 0.15) is 0 Å². The van der Waals surface area contributed by atoms with Crippen LogP contribution >= 0.6 is 0 Å². The Labute approximate surface area is 177 Å². The topological polar surface area (TPSA) is 24.4 Å². The second-order valence-electron chi connectivity index (χ2n) is 4.75. The van der Waals surface area contributed by atoms with Gasteiger partial charge in [0.2, 0.25) is 0 Å². The smallest absolute Gasteiger partial charge is 0.0134 e. The van der Waals surface area contributed by atoms with Crippen LogP contribution in [0.4, 0.5) is 0 Å². The van der Waals surface area contributed by atoms with Crippen molar-refractivity contribution in [3.8, 4) is 0 Å². The molecule has 0 aliphatic rings. The zero-order valence-corrected chi connectivity index (χ0v) is 16.2. The summed E-state index contributed by atoms with van der Waals surface area (Å²) < 4.78 is 0. The zero-order valence-electron chi connectivity index (χ0n) is 14.0. The normalized spacial score (nSPS) is 8.92. The van der Waals surface area contributed by atoms with E-state index < -0.39 is 0 Å². The summed E-state index contributed by atoms with van der Waals surface area (Å²) in [5, 5.41) is 4.11. The molecule has 0 aromatic heterocycles. The van der Waals surface area contributed by atoms with Crippen LogP contribution in [-0.2, 0) is 40.7 Å². The van der Waals surface area contributed by atoms with Gasteiger partial charge in [0.15, 0.2) is 0 Å². The minimum atomic E-state index is 0. The van der Waals surface area contributed by atoms with Crippen molar-refractivity contribution in [2.24, 2.45) is 5.10 Å². The Hall–Kier alpha value is -2.09. The fourth-order valence-electron chi connectivity index (χ4n) is 1.76. The number of nitrogens with zero attached hydrogens (tertiary/aromatic N) is 1. The van der Waals surface area contributed by atoms with Gasteiger partial charge in [-0.3, -0.25) is 0 Å². The molecule has 0 saturated carbocycles. The molecule has 2 nitrogen and oxygen atoms in total. The number of hydrogen-bond donors (Lipinski definition) is 1. The molecule has 0 aliphatic heterocycles. The molecule has 0 amide bonds. The molecule has 0 atom stereocenters. The van der Waals surface area contributed by atoms with Gasteiger partial charge >= 0.3 is 0 Å². The molecular formula is C22H18Fe2N2-8. The van der Waals surface area contributed by atoms with E-state index in [-0.39, 0.29) is 34.1 Å². The van der Waals surface area contributed by atoms with Crippen molar-refractivity contribution >= 4 is 6.21 Å². The van der Waals surface area contributed by atoms with E-state index in [2.05, 4.69) is 46.9 Å². The zero-order chi connectivity index (χ0) is 16.7. The Balaban J connectivity index is 0.000000432. The Kier molecular flexibility index (Phi) is 15.1. The van der Waals surface area contributed by atoms with Crippen molar-refractivity contribution in [3.05, 3.63) is 120 Å². The van der Waals surface area contributed by atoms with Gasteiger partial charge < -0.3 is 35.8 Å². The fraction of sp³-hybridized carbons (Fsp3) is 0.0455. The van der Waals surface area contributed by atoms with Crippen LogP contribution in [0, 0.1) is 24.3 Å². The van der Waals surface area contributed by atoms with Crippen molar-refractivity contribution in [1.29, 1.82) is 0 Å². The third kappa shape index (κ3) is 11.5. The van der Waals surface area contributed by atoms with Gasteiger partial charge in [0.25, 0.3) is 0 Å². The summed E-state index contributed by atoms with van der Waals surface area (Å²) in [4.78, 5) is 0. The molecule has 0 unspecified atom stereocenters. The molecule has 0 heterocycles. The van der Waals surface area contributed by atoms with E-state index in [0.29, 0.717) is 0 Å². The number of rotatable bonds is 4. The van der Waals surface area contributed by atoms with Crippen LogP contribution < -0.4 is 5.43 Å². The minimum Gasteiger partial charge on any atom is -0.999 e. The number of hydrogen-bond acceptors (Lipinski definition) is 2. The molecule has 0 saturated heterocycles. The summed E-state index contributed by atoms with van der Waals surface area (Å²) in [7, 11) is 0. The van der Waals surface area contributed by atoms with Crippen molar-refractivity contribution in [2.75, 3.05) is 0 Å². The largest absolute Gasteiger partial charge is 0.999 e. The molecule has 4 rings (SSSR count). The molecular weight excluding hydrogens is 404 g/mol. The van der Waals surface area contributed by atoms with Gasteiger partial charge in [-0.1, -0.05) is 0 Å². The summed E-state index contributed by atoms with van der Waals surface area (Å²) in [5.74, 6) is 0. The first-order valence-corrected chi connectivity index (χ1v) is 7.63. The van der Waals surface area contributed by atoms with Gasteiger partial charge in [0, 0.05) is 40.7 Å². The first-order chi connectivity index (χ1) is 11.9. The van der Waals surface area contributed by atoms with Crippen LogP contribution in [0.3, 0.4) is 0 Å². The summed E-state index contributed by atoms with van der Waals surface area (Å²) in [6.07, 6.45) is 1.82. The van der Waals surface area contributed by atoms with Gasteiger partial charge in [-0.15, -0.1) is 11.1 Å². The van der Waals surface area contributed by atoms with Crippen molar-refractivity contribution in [3.63, 3.8) is 0 Å². The minimum absolute atomic E-state index is 0. The van der Waals surface area contributed by atoms with Gasteiger partial charge in [-0.05, 0) is 6.21 Å². The van der Waals surface area contributed by atoms with E-state index in [1.54, 1.807) is 6.07 Å². The first-order valence-electron chi connectivity index (χ1n) is 7.63. The summed E-state index contributed by atoms with van der Waals surface area (Å²) in [5.41, 5.74) is 5.37. The Morgan fingerprint density at radius 3 is 1.88 bits per heavy atom. The third-order valence-electron chi connectivity index (χ3n) is 2.91. The predicted molar refractivity (Wildman–Crippen MR) is 97.9 cm³/mol. The maximum atomic E-state index is 4.11. The maximum Gasteiger partial charge on any atom is 0.0134 e. The average molecular weight is 422 g/mol. The van der Waals surface area contributed by atoms with E-state index in [9.17, 15) is 0 Å². The van der Waals surface area contributed by atoms with Crippen LogP contribution in [0.25, 0.3) is 0 Å². The molecule has 0 bridgehead atoms. The summed E-state index contributed by atoms with van der Waals surface area (Å²) >= 11 is 0. The van der Waals surface area contributed by atoms with Crippen LogP contribution in [-0.4, -0.2) is 6.21 Å². The SMILES string of the molecule is C(=NNC[c-]1cccc1)[c-]1cccc1.[Fe].[Fe].[c-]1[c-][c-][cH-][c-]1.c1cc[cH-]c1. The van der Waals surface area contributed by atoms with Gasteiger partial charge in [-0.2, -0.15) is 42.5 Å². The van der Waals surface area contributed by atoms with Gasteiger partial charge in [-0.25, -0.2) is 41.5 Å². The molecule has 26 heavy (non-hydrogen) atoms. The molecule has 4 aromatic rings. The molecule has 0 radical (unpaired) electrons. The average Bonchev–Trinajstić information content (AvgIpc) is 3.44. The van der Waals surface area contributed by atoms with E-state index in [4.69, 9.17) is 0 Å². The third-order valence-corrected chi connectivity index (χ3v) is 2.91. The van der Waals surface area contributed by atoms with Crippen molar-refractivity contribution in [1.82, 2.24) is 5.43 Å². The number of hydrazone groups is 1. The Morgan fingerprint density at radius 2 is 1.42 bits per heavy atom. The van der Waals surface area contributed by atoms with E-state index in [0.717, 1.165) is 12.1 Å². The Morgan fingerprint density at radius 1 is 0.846 bits per heavy atom. The summed E-state index contributed by atoms with van der Waals surface area (Å²) in [6.45, 7) is 0.782. The van der Waals surface area contributed by atoms with E-state index in [1.807, 2.05) is 72.9 Å². The molecule has 0 spiro atoms. The quantitative estimate of drug-likeness (QED) is 0.226. The molecule has 4 heteroatoms. The maximum absolute atomic E-state index is 4.11. The molecule has 4 aromatic carbocycles.